The lowest BCUT2D eigenvalue weighted by Crippen LogP contribution is -2.41. The number of hydrogen-bond acceptors (Lipinski definition) is 7. The van der Waals surface area contributed by atoms with E-state index in [-0.39, 0.29) is 44.1 Å². The lowest BCUT2D eigenvalue weighted by Gasteiger charge is -2.19. The molecule has 3 rings (SSSR count). The van der Waals surface area contributed by atoms with Crippen molar-refractivity contribution in [2.24, 2.45) is 0 Å². The molecular weight excluding hydrogens is 441 g/mol. The molecule has 0 aliphatic heterocycles. The summed E-state index contributed by atoms with van der Waals surface area (Å²) in [7, 11) is 0. The Morgan fingerprint density at radius 2 is 1.55 bits per heavy atom. The van der Waals surface area contributed by atoms with Crippen molar-refractivity contribution in [2.45, 2.75) is 18.6 Å². The number of nitrogens with zero attached hydrogens (tertiary/aromatic N) is 2. The van der Waals surface area contributed by atoms with Crippen LogP contribution in [0.25, 0.3) is 0 Å². The smallest absolute Gasteiger partial charge is 0.321 e. The van der Waals surface area contributed by atoms with Gasteiger partial charge in [0.2, 0.25) is 0 Å². The molecular formula is C22H27Cl2N3O4. The minimum absolute atomic E-state index is 0. The molecule has 2 atom stereocenters. The average Bonchev–Trinajstić information content (AvgIpc) is 2.78. The molecule has 0 aliphatic rings. The SMILES string of the molecule is Cl.Cl.OC[C@H](Cc1ccc(Oc2ncccn2)cc1)NCC(O)COc1ccccc1. The minimum Gasteiger partial charge on any atom is -0.491 e. The van der Waals surface area contributed by atoms with Crippen LogP contribution >= 0.6 is 24.8 Å². The number of rotatable bonds is 11. The molecule has 0 spiro atoms. The van der Waals surface area contributed by atoms with Gasteiger partial charge in [0.1, 0.15) is 24.2 Å². The van der Waals surface area contributed by atoms with E-state index in [1.54, 1.807) is 18.5 Å². The van der Waals surface area contributed by atoms with E-state index in [2.05, 4.69) is 15.3 Å². The summed E-state index contributed by atoms with van der Waals surface area (Å²) in [6.45, 7) is 0.468. The molecule has 1 aromatic heterocycles. The van der Waals surface area contributed by atoms with Crippen molar-refractivity contribution in [1.29, 1.82) is 0 Å². The van der Waals surface area contributed by atoms with E-state index in [1.165, 1.54) is 0 Å². The molecule has 7 nitrogen and oxygen atoms in total. The maximum atomic E-state index is 10.1. The molecule has 0 fully saturated rings. The van der Waals surface area contributed by atoms with Crippen LogP contribution in [0.3, 0.4) is 0 Å². The Morgan fingerprint density at radius 3 is 2.19 bits per heavy atom. The second-order valence-electron chi connectivity index (χ2n) is 6.55. The summed E-state index contributed by atoms with van der Waals surface area (Å²) in [6, 6.07) is 18.7. The van der Waals surface area contributed by atoms with Crippen molar-refractivity contribution in [3.8, 4) is 17.5 Å². The van der Waals surface area contributed by atoms with E-state index in [0.717, 1.165) is 5.56 Å². The zero-order valence-electron chi connectivity index (χ0n) is 16.8. The molecule has 0 saturated heterocycles. The second kappa shape index (κ2) is 14.6. The van der Waals surface area contributed by atoms with Crippen molar-refractivity contribution >= 4 is 24.8 Å². The van der Waals surface area contributed by atoms with Crippen LogP contribution in [-0.4, -0.2) is 52.1 Å². The van der Waals surface area contributed by atoms with Crippen molar-refractivity contribution in [3.05, 3.63) is 78.6 Å². The molecule has 3 aromatic rings. The average molecular weight is 468 g/mol. The van der Waals surface area contributed by atoms with Gasteiger partial charge in [0.15, 0.2) is 0 Å². The number of hydrogen-bond donors (Lipinski definition) is 3. The molecule has 0 saturated carbocycles. The number of para-hydroxylation sites is 1. The molecule has 0 aliphatic carbocycles. The molecule has 1 unspecified atom stereocenters. The van der Waals surface area contributed by atoms with Crippen LogP contribution in [0.5, 0.6) is 17.5 Å². The predicted octanol–water partition coefficient (Wildman–Crippen LogP) is 3.05. The van der Waals surface area contributed by atoms with Gasteiger partial charge in [0, 0.05) is 25.0 Å². The summed E-state index contributed by atoms with van der Waals surface area (Å²) < 4.78 is 11.1. The number of ether oxygens (including phenoxy) is 2. The van der Waals surface area contributed by atoms with Crippen LogP contribution in [0.15, 0.2) is 73.1 Å². The highest BCUT2D eigenvalue weighted by molar-refractivity contribution is 5.85. The summed E-state index contributed by atoms with van der Waals surface area (Å²) in [6.07, 6.45) is 3.18. The standard InChI is InChI=1S/C22H25N3O4.2ClH/c26-15-18(25-14-19(27)16-28-20-5-2-1-3-6-20)13-17-7-9-21(10-8-17)29-22-23-11-4-12-24-22;;/h1-12,18-19,25-27H,13-16H2;2*1H/t18-,19?;;/m0../s1. The van der Waals surface area contributed by atoms with Gasteiger partial charge in [0.05, 0.1) is 6.61 Å². The monoisotopic (exact) mass is 467 g/mol. The zero-order chi connectivity index (χ0) is 20.3. The largest absolute Gasteiger partial charge is 0.491 e. The first-order valence-corrected chi connectivity index (χ1v) is 9.47. The molecule has 3 N–H and O–H groups in total. The first-order valence-electron chi connectivity index (χ1n) is 9.47. The summed E-state index contributed by atoms with van der Waals surface area (Å²) in [5, 5.41) is 22.9. The number of nitrogens with one attached hydrogen (secondary N) is 1. The third-order valence-corrected chi connectivity index (χ3v) is 4.20. The summed E-state index contributed by atoms with van der Waals surface area (Å²) in [5.41, 5.74) is 1.04. The predicted molar refractivity (Wildman–Crippen MR) is 124 cm³/mol. The Bertz CT molecular complexity index is 842. The summed E-state index contributed by atoms with van der Waals surface area (Å²) >= 11 is 0. The van der Waals surface area contributed by atoms with Gasteiger partial charge in [-0.1, -0.05) is 30.3 Å². The second-order valence-corrected chi connectivity index (χ2v) is 6.55. The first kappa shape index (κ1) is 26.6. The van der Waals surface area contributed by atoms with Gasteiger partial charge < -0.3 is 25.0 Å². The number of aliphatic hydroxyl groups is 2. The van der Waals surface area contributed by atoms with Crippen molar-refractivity contribution < 1.29 is 19.7 Å². The van der Waals surface area contributed by atoms with Crippen molar-refractivity contribution in [1.82, 2.24) is 15.3 Å². The highest BCUT2D eigenvalue weighted by Crippen LogP contribution is 2.18. The number of benzene rings is 2. The van der Waals surface area contributed by atoms with E-state index in [0.29, 0.717) is 30.5 Å². The van der Waals surface area contributed by atoms with E-state index in [4.69, 9.17) is 9.47 Å². The molecule has 9 heteroatoms. The first-order chi connectivity index (χ1) is 14.2. The van der Waals surface area contributed by atoms with Gasteiger partial charge in [0.25, 0.3) is 0 Å². The normalized spacial score (nSPS) is 12.1. The number of halogens is 2. The van der Waals surface area contributed by atoms with Gasteiger partial charge >= 0.3 is 6.01 Å². The van der Waals surface area contributed by atoms with Gasteiger partial charge in [-0.2, -0.15) is 0 Å². The fourth-order valence-corrected chi connectivity index (χ4v) is 2.69. The Labute approximate surface area is 194 Å². The van der Waals surface area contributed by atoms with Crippen molar-refractivity contribution in [2.75, 3.05) is 19.8 Å². The van der Waals surface area contributed by atoms with Crippen LogP contribution in [0, 0.1) is 0 Å². The Morgan fingerprint density at radius 1 is 0.871 bits per heavy atom. The van der Waals surface area contributed by atoms with E-state index in [1.807, 2.05) is 54.6 Å². The molecule has 0 amide bonds. The van der Waals surface area contributed by atoms with Crippen LogP contribution in [0.1, 0.15) is 5.56 Å². The maximum absolute atomic E-state index is 10.1. The Balaban J connectivity index is 0.00000240. The quantitative estimate of drug-likeness (QED) is 0.398. The topological polar surface area (TPSA) is 96.7 Å². The van der Waals surface area contributed by atoms with Crippen LogP contribution < -0.4 is 14.8 Å². The summed E-state index contributed by atoms with van der Waals surface area (Å²) in [4.78, 5) is 8.05. The van der Waals surface area contributed by atoms with Crippen LogP contribution in [-0.2, 0) is 6.42 Å². The third-order valence-electron chi connectivity index (χ3n) is 4.20. The number of aromatic nitrogens is 2. The zero-order valence-corrected chi connectivity index (χ0v) is 18.5. The molecule has 2 aromatic carbocycles. The van der Waals surface area contributed by atoms with Crippen LogP contribution in [0.4, 0.5) is 0 Å². The number of aliphatic hydroxyl groups excluding tert-OH is 2. The maximum Gasteiger partial charge on any atom is 0.321 e. The highest BCUT2D eigenvalue weighted by atomic mass is 35.5. The van der Waals surface area contributed by atoms with E-state index >= 15 is 0 Å². The summed E-state index contributed by atoms with van der Waals surface area (Å²) in [5.74, 6) is 1.36. The highest BCUT2D eigenvalue weighted by Gasteiger charge is 2.12. The molecule has 0 radical (unpaired) electrons. The van der Waals surface area contributed by atoms with Gasteiger partial charge in [-0.05, 0) is 42.3 Å². The molecule has 1 heterocycles. The Hall–Kier alpha value is -2.42. The lowest BCUT2D eigenvalue weighted by molar-refractivity contribution is 0.0997. The fourth-order valence-electron chi connectivity index (χ4n) is 2.69. The van der Waals surface area contributed by atoms with Crippen molar-refractivity contribution in [3.63, 3.8) is 0 Å². The van der Waals surface area contributed by atoms with Gasteiger partial charge in [-0.25, -0.2) is 9.97 Å². The Kier molecular flexibility index (Phi) is 12.5. The third kappa shape index (κ3) is 9.50. The lowest BCUT2D eigenvalue weighted by atomic mass is 10.1. The molecule has 168 valence electrons. The van der Waals surface area contributed by atoms with Crippen LogP contribution in [0.2, 0.25) is 0 Å². The minimum atomic E-state index is -0.675. The van der Waals surface area contributed by atoms with E-state index in [9.17, 15) is 10.2 Å². The van der Waals surface area contributed by atoms with E-state index < -0.39 is 6.10 Å². The fraction of sp³-hybridized carbons (Fsp3) is 0.273. The molecule has 31 heavy (non-hydrogen) atoms. The van der Waals surface area contributed by atoms with Gasteiger partial charge in [-0.3, -0.25) is 0 Å². The van der Waals surface area contributed by atoms with Gasteiger partial charge in [-0.15, -0.1) is 24.8 Å². The molecule has 0 bridgehead atoms.